The van der Waals surface area contributed by atoms with Gasteiger partial charge in [-0.2, -0.15) is 0 Å². The fraction of sp³-hybridized carbons (Fsp3) is 0.412. The maximum absolute atomic E-state index is 12.6. The summed E-state index contributed by atoms with van der Waals surface area (Å²) in [5.41, 5.74) is -2.61. The van der Waals surface area contributed by atoms with Gasteiger partial charge in [-0.15, -0.1) is 0 Å². The molecular weight excluding hydrogens is 314 g/mol. The Morgan fingerprint density at radius 2 is 1.92 bits per heavy atom. The number of benzene rings is 1. The molecule has 1 aliphatic carbocycles. The molecule has 0 spiro atoms. The van der Waals surface area contributed by atoms with Crippen LogP contribution in [0.5, 0.6) is 0 Å². The number of carbonyl (C=O) groups excluding carboxylic acids is 4. The zero-order valence-electron chi connectivity index (χ0n) is 13.3. The van der Waals surface area contributed by atoms with Crippen molar-refractivity contribution in [1.82, 2.24) is 5.32 Å². The second kappa shape index (κ2) is 5.43. The fourth-order valence-corrected chi connectivity index (χ4v) is 3.75. The lowest BCUT2D eigenvalue weighted by molar-refractivity contribution is -0.202. The Morgan fingerprint density at radius 1 is 1.25 bits per heavy atom. The van der Waals surface area contributed by atoms with Gasteiger partial charge in [0.1, 0.15) is 11.6 Å². The molecule has 1 saturated heterocycles. The van der Waals surface area contributed by atoms with E-state index >= 15 is 0 Å². The van der Waals surface area contributed by atoms with Gasteiger partial charge in [0, 0.05) is 13.3 Å². The molecule has 7 nitrogen and oxygen atoms in total. The van der Waals surface area contributed by atoms with Crippen LogP contribution in [0.2, 0.25) is 0 Å². The molecule has 0 radical (unpaired) electrons. The highest BCUT2D eigenvalue weighted by molar-refractivity contribution is 6.45. The molecule has 0 aromatic heterocycles. The van der Waals surface area contributed by atoms with Crippen LogP contribution >= 0.6 is 0 Å². The van der Waals surface area contributed by atoms with Crippen LogP contribution in [0.1, 0.15) is 25.8 Å². The summed E-state index contributed by atoms with van der Waals surface area (Å²) >= 11 is 0. The number of carbonyl (C=O) groups is 4. The third kappa shape index (κ3) is 1.84. The summed E-state index contributed by atoms with van der Waals surface area (Å²) in [4.78, 5) is 48.8. The van der Waals surface area contributed by atoms with Crippen LogP contribution in [0.15, 0.2) is 30.3 Å². The standard InChI is InChI=1S/C17H17NO6/c1-3-23-15(22)16-9-12(24-10(2)19)17(16,18-14(21)13(16)20)11-7-5-4-6-8-11/h4-8,12H,3,9H2,1-2H3,(H,18,21)/t12?,16-,17-/m1/s1. The summed E-state index contributed by atoms with van der Waals surface area (Å²) in [6.07, 6.45) is -0.907. The molecule has 0 bridgehead atoms. The van der Waals surface area contributed by atoms with Gasteiger partial charge >= 0.3 is 11.9 Å². The molecule has 2 fully saturated rings. The fourth-order valence-electron chi connectivity index (χ4n) is 3.75. The maximum atomic E-state index is 12.6. The third-order valence-corrected chi connectivity index (χ3v) is 4.71. The molecule has 126 valence electrons. The Bertz CT molecular complexity index is 730. The molecule has 7 heteroatoms. The number of nitrogens with one attached hydrogen (secondary N) is 1. The van der Waals surface area contributed by atoms with Gasteiger partial charge in [0.15, 0.2) is 5.41 Å². The molecule has 2 aliphatic rings. The van der Waals surface area contributed by atoms with Crippen LogP contribution in [0.3, 0.4) is 0 Å². The molecular formula is C17H17NO6. The summed E-state index contributed by atoms with van der Waals surface area (Å²) in [6, 6.07) is 8.57. The highest BCUT2D eigenvalue weighted by Gasteiger charge is 2.81. The Labute approximate surface area is 138 Å². The van der Waals surface area contributed by atoms with Crippen LogP contribution in [-0.4, -0.2) is 36.3 Å². The minimum atomic E-state index is -1.71. The second-order valence-corrected chi connectivity index (χ2v) is 5.89. The Hall–Kier alpha value is -2.70. The van der Waals surface area contributed by atoms with Crippen molar-refractivity contribution >= 4 is 23.6 Å². The molecule has 3 atom stereocenters. The van der Waals surface area contributed by atoms with Gasteiger partial charge in [-0.1, -0.05) is 30.3 Å². The first-order chi connectivity index (χ1) is 11.4. The normalized spacial score (nSPS) is 30.8. The molecule has 1 heterocycles. The zero-order chi connectivity index (χ0) is 17.5. The molecule has 1 aliphatic heterocycles. The Balaban J connectivity index is 2.18. The van der Waals surface area contributed by atoms with E-state index in [2.05, 4.69) is 5.32 Å². The van der Waals surface area contributed by atoms with Crippen molar-refractivity contribution in [2.75, 3.05) is 6.61 Å². The lowest BCUT2D eigenvalue weighted by Gasteiger charge is -2.55. The molecule has 1 aromatic rings. The number of rotatable bonds is 4. The molecule has 1 aromatic carbocycles. The molecule has 24 heavy (non-hydrogen) atoms. The number of fused-ring (bicyclic) bond motifs is 1. The predicted molar refractivity (Wildman–Crippen MR) is 80.5 cm³/mol. The summed E-state index contributed by atoms with van der Waals surface area (Å²) in [6.45, 7) is 2.93. The Kier molecular flexibility index (Phi) is 3.66. The van der Waals surface area contributed by atoms with E-state index in [0.717, 1.165) is 0 Å². The van der Waals surface area contributed by atoms with Crippen molar-refractivity contribution in [2.45, 2.75) is 31.9 Å². The minimum absolute atomic E-state index is 0.0746. The van der Waals surface area contributed by atoms with Crippen molar-refractivity contribution in [2.24, 2.45) is 5.41 Å². The van der Waals surface area contributed by atoms with Gasteiger partial charge in [-0.3, -0.25) is 19.2 Å². The van der Waals surface area contributed by atoms with E-state index in [1.54, 1.807) is 37.3 Å². The van der Waals surface area contributed by atoms with Crippen molar-refractivity contribution in [3.05, 3.63) is 35.9 Å². The lowest BCUT2D eigenvalue weighted by atomic mass is 9.50. The van der Waals surface area contributed by atoms with E-state index in [9.17, 15) is 19.2 Å². The van der Waals surface area contributed by atoms with Crippen LogP contribution in [0, 0.1) is 5.41 Å². The van der Waals surface area contributed by atoms with Crippen LogP contribution in [0.4, 0.5) is 0 Å². The highest BCUT2D eigenvalue weighted by atomic mass is 16.6. The van der Waals surface area contributed by atoms with Crippen molar-refractivity contribution in [3.8, 4) is 0 Å². The molecule has 3 rings (SSSR count). The molecule has 1 saturated carbocycles. The number of hydrogen-bond acceptors (Lipinski definition) is 6. The first-order valence-electron chi connectivity index (χ1n) is 7.67. The van der Waals surface area contributed by atoms with Gasteiger partial charge in [0.25, 0.3) is 5.91 Å². The predicted octanol–water partition coefficient (Wildman–Crippen LogP) is 0.466. The van der Waals surface area contributed by atoms with Crippen LogP contribution < -0.4 is 5.32 Å². The van der Waals surface area contributed by atoms with E-state index in [1.165, 1.54) is 6.92 Å². The highest BCUT2D eigenvalue weighted by Crippen LogP contribution is 2.61. The Morgan fingerprint density at radius 3 is 2.50 bits per heavy atom. The smallest absolute Gasteiger partial charge is 0.323 e. The van der Waals surface area contributed by atoms with Crippen LogP contribution in [0.25, 0.3) is 0 Å². The number of esters is 2. The molecule has 1 amide bonds. The zero-order valence-corrected chi connectivity index (χ0v) is 13.3. The van der Waals surface area contributed by atoms with Gasteiger partial charge in [-0.25, -0.2) is 0 Å². The quantitative estimate of drug-likeness (QED) is 0.489. The van der Waals surface area contributed by atoms with E-state index in [4.69, 9.17) is 9.47 Å². The average molecular weight is 331 g/mol. The number of amides is 1. The number of Topliss-reactive ketones (excluding diaryl/α,β-unsaturated/α-hetero) is 1. The topological polar surface area (TPSA) is 98.8 Å². The molecule has 1 unspecified atom stereocenters. The average Bonchev–Trinajstić information content (AvgIpc) is 2.72. The van der Waals surface area contributed by atoms with Crippen molar-refractivity contribution in [1.29, 1.82) is 0 Å². The molecule has 1 N–H and O–H groups in total. The van der Waals surface area contributed by atoms with Gasteiger partial charge in [0.2, 0.25) is 5.78 Å². The first kappa shape index (κ1) is 16.2. The monoisotopic (exact) mass is 331 g/mol. The largest absolute Gasteiger partial charge is 0.465 e. The van der Waals surface area contributed by atoms with E-state index in [-0.39, 0.29) is 13.0 Å². The summed E-state index contributed by atoms with van der Waals surface area (Å²) in [5.74, 6) is -3.06. The summed E-state index contributed by atoms with van der Waals surface area (Å²) in [7, 11) is 0. The van der Waals surface area contributed by atoms with E-state index in [0.29, 0.717) is 5.56 Å². The number of ether oxygens (including phenoxy) is 2. The number of ketones is 1. The van der Waals surface area contributed by atoms with Crippen LogP contribution in [-0.2, 0) is 34.2 Å². The SMILES string of the molecule is CCOC(=O)[C@]12CC(OC(C)=O)[C@@]1(c1ccccc1)NC(=O)C2=O. The van der Waals surface area contributed by atoms with Gasteiger partial charge in [0.05, 0.1) is 6.61 Å². The summed E-state index contributed by atoms with van der Waals surface area (Å²) in [5, 5.41) is 2.60. The first-order valence-corrected chi connectivity index (χ1v) is 7.67. The second-order valence-electron chi connectivity index (χ2n) is 5.89. The summed E-state index contributed by atoms with van der Waals surface area (Å²) < 4.78 is 10.4. The van der Waals surface area contributed by atoms with Crippen molar-refractivity contribution in [3.63, 3.8) is 0 Å². The minimum Gasteiger partial charge on any atom is -0.465 e. The number of hydrogen-bond donors (Lipinski definition) is 1. The van der Waals surface area contributed by atoms with Gasteiger partial charge < -0.3 is 14.8 Å². The maximum Gasteiger partial charge on any atom is 0.323 e. The van der Waals surface area contributed by atoms with Gasteiger partial charge in [-0.05, 0) is 12.5 Å². The lowest BCUT2D eigenvalue weighted by Crippen LogP contribution is -2.72. The van der Waals surface area contributed by atoms with E-state index in [1.807, 2.05) is 0 Å². The third-order valence-electron chi connectivity index (χ3n) is 4.71. The van der Waals surface area contributed by atoms with E-state index < -0.39 is 40.7 Å². The van der Waals surface area contributed by atoms with Crippen molar-refractivity contribution < 1.29 is 28.7 Å².